The van der Waals surface area contributed by atoms with Gasteiger partial charge in [0.1, 0.15) is 11.5 Å². The van der Waals surface area contributed by atoms with Crippen molar-refractivity contribution in [1.82, 2.24) is 10.3 Å². The molecule has 0 aliphatic rings. The molecular weight excluding hydrogens is 314 g/mol. The van der Waals surface area contributed by atoms with E-state index < -0.39 is 0 Å². The minimum Gasteiger partial charge on any atom is -0.443 e. The zero-order valence-corrected chi connectivity index (χ0v) is 14.6. The average molecular weight is 335 g/mol. The number of nitrogens with one attached hydrogen (secondary N) is 1. The molecule has 0 aliphatic heterocycles. The fourth-order valence-electron chi connectivity index (χ4n) is 2.57. The Kier molecular flexibility index (Phi) is 4.84. The van der Waals surface area contributed by atoms with Gasteiger partial charge >= 0.3 is 0 Å². The molecule has 0 fully saturated rings. The summed E-state index contributed by atoms with van der Waals surface area (Å²) in [5.41, 5.74) is 3.39. The highest BCUT2D eigenvalue weighted by Crippen LogP contribution is 2.23. The van der Waals surface area contributed by atoms with E-state index in [0.717, 1.165) is 22.7 Å². The first kappa shape index (κ1) is 16.8. The largest absolute Gasteiger partial charge is 0.443 e. The van der Waals surface area contributed by atoms with Crippen molar-refractivity contribution in [3.05, 3.63) is 71.8 Å². The van der Waals surface area contributed by atoms with Crippen LogP contribution in [0.5, 0.6) is 0 Å². The van der Waals surface area contributed by atoms with Crippen molar-refractivity contribution in [3.63, 3.8) is 0 Å². The number of rotatable bonds is 5. The first-order valence-corrected chi connectivity index (χ1v) is 8.12. The van der Waals surface area contributed by atoms with Gasteiger partial charge in [-0.15, -0.1) is 0 Å². The van der Waals surface area contributed by atoms with Crippen LogP contribution in [0, 0.1) is 6.92 Å². The van der Waals surface area contributed by atoms with Crippen LogP contribution in [0.2, 0.25) is 0 Å². The molecule has 5 heteroatoms. The van der Waals surface area contributed by atoms with Crippen molar-refractivity contribution in [2.45, 2.75) is 13.5 Å². The summed E-state index contributed by atoms with van der Waals surface area (Å²) < 4.78 is 5.68. The van der Waals surface area contributed by atoms with E-state index in [1.54, 1.807) is 6.07 Å². The second-order valence-electron chi connectivity index (χ2n) is 6.01. The molecule has 0 bridgehead atoms. The molecule has 0 radical (unpaired) electrons. The van der Waals surface area contributed by atoms with Crippen LogP contribution in [-0.4, -0.2) is 25.0 Å². The van der Waals surface area contributed by atoms with Gasteiger partial charge in [-0.05, 0) is 25.1 Å². The second-order valence-corrected chi connectivity index (χ2v) is 6.01. The number of aromatic nitrogens is 1. The third kappa shape index (κ3) is 3.88. The van der Waals surface area contributed by atoms with E-state index in [9.17, 15) is 4.79 Å². The van der Waals surface area contributed by atoms with E-state index in [1.807, 2.05) is 74.4 Å². The number of carbonyl (C=O) groups excluding carboxylic acids is 1. The Hall–Kier alpha value is -3.08. The first-order chi connectivity index (χ1) is 12.0. The van der Waals surface area contributed by atoms with Gasteiger partial charge in [-0.25, -0.2) is 4.98 Å². The predicted octanol–water partition coefficient (Wildman–Crippen LogP) is 3.65. The van der Waals surface area contributed by atoms with E-state index in [-0.39, 0.29) is 12.5 Å². The molecule has 1 amide bonds. The molecule has 128 valence electrons. The molecule has 25 heavy (non-hydrogen) atoms. The number of amides is 1. The summed E-state index contributed by atoms with van der Waals surface area (Å²) in [6.07, 6.45) is 0. The second kappa shape index (κ2) is 7.21. The Morgan fingerprint density at radius 3 is 2.60 bits per heavy atom. The summed E-state index contributed by atoms with van der Waals surface area (Å²) >= 11 is 0. The number of benzene rings is 2. The summed E-state index contributed by atoms with van der Waals surface area (Å²) in [6, 6.07) is 17.3. The lowest BCUT2D eigenvalue weighted by Gasteiger charge is -2.13. The Balaban J connectivity index is 1.70. The van der Waals surface area contributed by atoms with Gasteiger partial charge in [-0.2, -0.15) is 0 Å². The van der Waals surface area contributed by atoms with Gasteiger partial charge in [0.25, 0.3) is 5.91 Å². The maximum absolute atomic E-state index is 12.4. The molecule has 1 aromatic heterocycles. The lowest BCUT2D eigenvalue weighted by Crippen LogP contribution is -2.23. The maximum Gasteiger partial charge on any atom is 0.251 e. The predicted molar refractivity (Wildman–Crippen MR) is 98.6 cm³/mol. The molecule has 5 nitrogen and oxygen atoms in total. The van der Waals surface area contributed by atoms with Crippen LogP contribution in [0.15, 0.2) is 59.0 Å². The average Bonchev–Trinajstić information content (AvgIpc) is 3.01. The van der Waals surface area contributed by atoms with Gasteiger partial charge in [0, 0.05) is 30.9 Å². The van der Waals surface area contributed by atoms with Crippen LogP contribution in [0.4, 0.5) is 5.69 Å². The number of hydrogen-bond acceptors (Lipinski definition) is 4. The number of hydrogen-bond donors (Lipinski definition) is 1. The normalized spacial score (nSPS) is 10.5. The molecule has 0 saturated heterocycles. The van der Waals surface area contributed by atoms with Crippen LogP contribution in [-0.2, 0) is 6.54 Å². The maximum atomic E-state index is 12.4. The number of carbonyl (C=O) groups is 1. The summed E-state index contributed by atoms with van der Waals surface area (Å²) in [7, 11) is 3.88. The van der Waals surface area contributed by atoms with Crippen LogP contribution in [0.3, 0.4) is 0 Å². The highest BCUT2D eigenvalue weighted by Gasteiger charge is 2.13. The molecule has 0 atom stereocenters. The molecular formula is C20H21N3O2. The van der Waals surface area contributed by atoms with Crippen molar-refractivity contribution < 1.29 is 9.21 Å². The van der Waals surface area contributed by atoms with E-state index in [0.29, 0.717) is 11.5 Å². The van der Waals surface area contributed by atoms with Gasteiger partial charge in [0.15, 0.2) is 0 Å². The van der Waals surface area contributed by atoms with Crippen LogP contribution < -0.4 is 10.2 Å². The molecule has 0 spiro atoms. The van der Waals surface area contributed by atoms with Crippen LogP contribution in [0.1, 0.15) is 22.0 Å². The topological polar surface area (TPSA) is 58.4 Å². The minimum atomic E-state index is -0.152. The minimum absolute atomic E-state index is 0.152. The molecule has 3 aromatic rings. The summed E-state index contributed by atoms with van der Waals surface area (Å²) in [4.78, 5) is 18.8. The highest BCUT2D eigenvalue weighted by atomic mass is 16.4. The van der Waals surface area contributed by atoms with Crippen molar-refractivity contribution in [1.29, 1.82) is 0 Å². The zero-order valence-electron chi connectivity index (χ0n) is 14.6. The number of anilines is 1. The van der Waals surface area contributed by atoms with Gasteiger partial charge in [-0.3, -0.25) is 4.79 Å². The fourth-order valence-corrected chi connectivity index (χ4v) is 2.57. The standard InChI is InChI=1S/C20H21N3O2/c1-14-19(15-8-5-4-6-9-15)22-18(25-14)13-21-20(24)16-10-7-11-17(12-16)23(2)3/h4-12H,13H2,1-3H3,(H,21,24). The van der Waals surface area contributed by atoms with Gasteiger partial charge in [0.2, 0.25) is 5.89 Å². The van der Waals surface area contributed by atoms with Crippen molar-refractivity contribution in [2.75, 3.05) is 19.0 Å². The Morgan fingerprint density at radius 1 is 1.12 bits per heavy atom. The zero-order chi connectivity index (χ0) is 17.8. The van der Waals surface area contributed by atoms with Crippen molar-refractivity contribution in [2.24, 2.45) is 0 Å². The highest BCUT2D eigenvalue weighted by molar-refractivity contribution is 5.95. The molecule has 0 saturated carbocycles. The Labute approximate surface area is 147 Å². The SMILES string of the molecule is Cc1oc(CNC(=O)c2cccc(N(C)C)c2)nc1-c1ccccc1. The van der Waals surface area contributed by atoms with Crippen LogP contribution >= 0.6 is 0 Å². The third-order valence-corrected chi connectivity index (χ3v) is 3.91. The smallest absolute Gasteiger partial charge is 0.251 e. The fraction of sp³-hybridized carbons (Fsp3) is 0.200. The first-order valence-electron chi connectivity index (χ1n) is 8.12. The van der Waals surface area contributed by atoms with E-state index in [2.05, 4.69) is 10.3 Å². The lowest BCUT2D eigenvalue weighted by atomic mass is 10.1. The van der Waals surface area contributed by atoms with E-state index in [1.165, 1.54) is 0 Å². The Bertz CT molecular complexity index is 870. The molecule has 3 rings (SSSR count). The summed E-state index contributed by atoms with van der Waals surface area (Å²) in [6.45, 7) is 2.12. The molecule has 0 aliphatic carbocycles. The number of oxazole rings is 1. The summed E-state index contributed by atoms with van der Waals surface area (Å²) in [5, 5.41) is 2.86. The van der Waals surface area contributed by atoms with Gasteiger partial charge in [-0.1, -0.05) is 36.4 Å². The van der Waals surface area contributed by atoms with Crippen molar-refractivity contribution in [3.8, 4) is 11.3 Å². The monoisotopic (exact) mass is 335 g/mol. The Morgan fingerprint density at radius 2 is 1.88 bits per heavy atom. The number of nitrogens with zero attached hydrogens (tertiary/aromatic N) is 2. The molecule has 1 heterocycles. The summed E-state index contributed by atoms with van der Waals surface area (Å²) in [5.74, 6) is 1.08. The number of aryl methyl sites for hydroxylation is 1. The van der Waals surface area contributed by atoms with Gasteiger partial charge < -0.3 is 14.6 Å². The molecule has 0 unspecified atom stereocenters. The third-order valence-electron chi connectivity index (χ3n) is 3.91. The van der Waals surface area contributed by atoms with Crippen LogP contribution in [0.25, 0.3) is 11.3 Å². The van der Waals surface area contributed by atoms with E-state index >= 15 is 0 Å². The molecule has 2 aromatic carbocycles. The lowest BCUT2D eigenvalue weighted by molar-refractivity contribution is 0.0947. The van der Waals surface area contributed by atoms with E-state index in [4.69, 9.17) is 4.42 Å². The van der Waals surface area contributed by atoms with Crippen molar-refractivity contribution >= 4 is 11.6 Å². The van der Waals surface area contributed by atoms with Gasteiger partial charge in [0.05, 0.1) is 6.54 Å². The molecule has 1 N–H and O–H groups in total. The quantitative estimate of drug-likeness (QED) is 0.773.